The maximum atomic E-state index is 13.7. The molecule has 12 heteroatoms. The molecule has 1 aromatic carbocycles. The average molecular weight is 680 g/mol. The van der Waals surface area contributed by atoms with E-state index in [2.05, 4.69) is 0 Å². The normalized spacial score (nSPS) is 42.0. The Morgan fingerprint density at radius 2 is 1.60 bits per heavy atom. The number of ether oxygens (including phenoxy) is 4. The Bertz CT molecular complexity index is 1240. The minimum absolute atomic E-state index is 0.0630. The van der Waals surface area contributed by atoms with Crippen molar-refractivity contribution in [3.63, 3.8) is 0 Å². The lowest BCUT2D eigenvalue weighted by Gasteiger charge is -2.48. The fourth-order valence-electron chi connectivity index (χ4n) is 7.39. The molecule has 0 saturated carbocycles. The van der Waals surface area contributed by atoms with Crippen LogP contribution >= 0.6 is 0 Å². The first-order valence-corrected chi connectivity index (χ1v) is 17.0. The quantitative estimate of drug-likeness (QED) is 0.326. The molecule has 0 bridgehead atoms. The first kappa shape index (κ1) is 40.0. The second-order valence-electron chi connectivity index (χ2n) is 14.4. The van der Waals surface area contributed by atoms with Crippen LogP contribution in [0.25, 0.3) is 0 Å². The summed E-state index contributed by atoms with van der Waals surface area (Å²) in [6.45, 7) is 12.9. The summed E-state index contributed by atoms with van der Waals surface area (Å²) in [5.41, 5.74) is -2.79. The van der Waals surface area contributed by atoms with Crippen LogP contribution in [0.2, 0.25) is 0 Å². The molecule has 48 heavy (non-hydrogen) atoms. The molecule has 2 saturated heterocycles. The third-order valence-electron chi connectivity index (χ3n) is 10.7. The number of benzene rings is 1. The van der Waals surface area contributed by atoms with Crippen molar-refractivity contribution in [2.45, 2.75) is 135 Å². The zero-order valence-electron chi connectivity index (χ0n) is 30.0. The summed E-state index contributed by atoms with van der Waals surface area (Å²) >= 11 is 0. The van der Waals surface area contributed by atoms with Gasteiger partial charge in [0.15, 0.2) is 6.29 Å². The Balaban J connectivity index is 2.04. The highest BCUT2D eigenvalue weighted by molar-refractivity contribution is 5.94. The van der Waals surface area contributed by atoms with E-state index in [9.17, 15) is 34.8 Å². The highest BCUT2D eigenvalue weighted by atomic mass is 16.7. The first-order valence-electron chi connectivity index (χ1n) is 17.0. The molecule has 1 unspecified atom stereocenters. The molecule has 4 N–H and O–H groups in total. The minimum Gasteiger partial charge on any atom is -0.459 e. The lowest BCUT2D eigenvalue weighted by Crippen LogP contribution is -2.61. The monoisotopic (exact) mass is 679 g/mol. The van der Waals surface area contributed by atoms with Gasteiger partial charge in [0.25, 0.3) is 5.91 Å². The SMILES string of the molecule is CC[C@H]1OC(=O)[C@H](C)[C@@H](O)[C@H](C)[C@@H](O[C@@H]2O[C@H](C)C[C@H](N(C)C(=O)c3ccccc3)[C@H]2O)C(C)(OC)C[C@@H](C)C(=O)[C@H](C)[C@@H](O)[C@]1(C)O. The Labute approximate surface area is 284 Å². The van der Waals surface area contributed by atoms with E-state index in [1.165, 1.54) is 32.8 Å². The molecule has 12 nitrogen and oxygen atoms in total. The van der Waals surface area contributed by atoms with Crippen molar-refractivity contribution < 1.29 is 53.8 Å². The van der Waals surface area contributed by atoms with Crippen LogP contribution in [0.1, 0.15) is 85.0 Å². The highest BCUT2D eigenvalue weighted by Crippen LogP contribution is 2.39. The number of cyclic esters (lactones) is 1. The van der Waals surface area contributed by atoms with Gasteiger partial charge in [-0.1, -0.05) is 45.9 Å². The van der Waals surface area contributed by atoms with Gasteiger partial charge in [-0.15, -0.1) is 0 Å². The zero-order valence-corrected chi connectivity index (χ0v) is 30.0. The highest BCUT2D eigenvalue weighted by Gasteiger charge is 2.52. The summed E-state index contributed by atoms with van der Waals surface area (Å²) in [5.74, 6) is -5.14. The second kappa shape index (κ2) is 16.1. The molecular weight excluding hydrogens is 622 g/mol. The van der Waals surface area contributed by atoms with Crippen molar-refractivity contribution in [1.82, 2.24) is 4.90 Å². The van der Waals surface area contributed by atoms with E-state index in [0.717, 1.165) is 0 Å². The van der Waals surface area contributed by atoms with Gasteiger partial charge in [0.1, 0.15) is 23.6 Å². The lowest BCUT2D eigenvalue weighted by molar-refractivity contribution is -0.300. The van der Waals surface area contributed by atoms with Gasteiger partial charge in [-0.05, 0) is 59.1 Å². The largest absolute Gasteiger partial charge is 0.459 e. The van der Waals surface area contributed by atoms with Crippen molar-refractivity contribution in [2.75, 3.05) is 14.2 Å². The number of amides is 1. The average Bonchev–Trinajstić information content (AvgIpc) is 3.07. The van der Waals surface area contributed by atoms with E-state index in [4.69, 9.17) is 18.9 Å². The van der Waals surface area contributed by atoms with Crippen LogP contribution in [0.15, 0.2) is 30.3 Å². The number of aliphatic hydroxyl groups is 4. The van der Waals surface area contributed by atoms with Crippen molar-refractivity contribution >= 4 is 17.7 Å². The van der Waals surface area contributed by atoms with Crippen LogP contribution in [-0.4, -0.2) is 117 Å². The van der Waals surface area contributed by atoms with Gasteiger partial charge in [-0.3, -0.25) is 14.4 Å². The van der Waals surface area contributed by atoms with Crippen LogP contribution in [0.3, 0.4) is 0 Å². The van der Waals surface area contributed by atoms with Gasteiger partial charge in [-0.25, -0.2) is 0 Å². The van der Waals surface area contributed by atoms with Crippen LogP contribution < -0.4 is 0 Å². The first-order chi connectivity index (χ1) is 22.3. The third kappa shape index (κ3) is 8.29. The van der Waals surface area contributed by atoms with Gasteiger partial charge in [0.05, 0.1) is 42.0 Å². The minimum atomic E-state index is -1.95. The summed E-state index contributed by atoms with van der Waals surface area (Å²) in [4.78, 5) is 42.0. The number of esters is 1. The van der Waals surface area contributed by atoms with E-state index in [-0.39, 0.29) is 24.5 Å². The zero-order chi connectivity index (χ0) is 36.3. The van der Waals surface area contributed by atoms with Crippen LogP contribution in [0, 0.1) is 23.7 Å². The Kier molecular flexibility index (Phi) is 13.4. The van der Waals surface area contributed by atoms with Crippen molar-refractivity contribution in [3.8, 4) is 0 Å². The summed E-state index contributed by atoms with van der Waals surface area (Å²) in [7, 11) is 3.06. The number of carbonyl (C=O) groups is 3. The predicted octanol–water partition coefficient (Wildman–Crippen LogP) is 2.73. The number of ketones is 1. The van der Waals surface area contributed by atoms with Crippen LogP contribution in [0.5, 0.6) is 0 Å². The Morgan fingerprint density at radius 3 is 2.17 bits per heavy atom. The number of hydrogen-bond acceptors (Lipinski definition) is 11. The molecule has 14 atom stereocenters. The van der Waals surface area contributed by atoms with Crippen molar-refractivity contribution in [1.29, 1.82) is 0 Å². The number of nitrogens with zero attached hydrogens (tertiary/aromatic N) is 1. The number of rotatable bonds is 6. The molecule has 0 aliphatic carbocycles. The summed E-state index contributed by atoms with van der Waals surface area (Å²) < 4.78 is 24.4. The molecule has 272 valence electrons. The van der Waals surface area contributed by atoms with Gasteiger partial charge < -0.3 is 44.3 Å². The summed E-state index contributed by atoms with van der Waals surface area (Å²) in [6, 6.07) is 8.04. The molecule has 1 aromatic rings. The van der Waals surface area contributed by atoms with E-state index in [0.29, 0.717) is 12.0 Å². The fraction of sp³-hybridized carbons (Fsp3) is 0.750. The molecule has 3 rings (SSSR count). The number of hydrogen-bond donors (Lipinski definition) is 4. The molecule has 0 aromatic heterocycles. The van der Waals surface area contributed by atoms with E-state index < -0.39 is 89.8 Å². The molecular formula is C36H57NO11. The van der Waals surface area contributed by atoms with Gasteiger partial charge >= 0.3 is 5.97 Å². The van der Waals surface area contributed by atoms with Crippen molar-refractivity contribution in [2.24, 2.45) is 23.7 Å². The maximum absolute atomic E-state index is 13.7. The summed E-state index contributed by atoms with van der Waals surface area (Å²) in [6.07, 6.45) is -7.61. The van der Waals surface area contributed by atoms with Gasteiger partial charge in [0, 0.05) is 37.5 Å². The number of carbonyl (C=O) groups excluding carboxylic acids is 3. The van der Waals surface area contributed by atoms with E-state index in [1.807, 2.05) is 13.0 Å². The van der Waals surface area contributed by atoms with Crippen LogP contribution in [0.4, 0.5) is 0 Å². The second-order valence-corrected chi connectivity index (χ2v) is 14.4. The number of aliphatic hydroxyl groups excluding tert-OH is 3. The topological polar surface area (TPSA) is 172 Å². The van der Waals surface area contributed by atoms with Gasteiger partial charge in [-0.2, -0.15) is 0 Å². The molecule has 2 aliphatic rings. The van der Waals surface area contributed by atoms with Gasteiger partial charge in [0.2, 0.25) is 0 Å². The van der Waals surface area contributed by atoms with E-state index in [1.54, 1.807) is 59.0 Å². The predicted molar refractivity (Wildman–Crippen MR) is 177 cm³/mol. The standard InChI is InChI=1S/C36H57NO11/c1-11-26-36(8,44)30(41)21(4)27(38)19(2)18-35(7,45-10)31(22(5)28(39)23(6)33(43)47-26)48-34-29(40)25(17-20(3)46-34)37(9)32(42)24-15-13-12-14-16-24/h12-16,19-23,25-26,28-31,34,39-41,44H,11,17-18H2,1-10H3/t19-,20-,21+,22+,23-,25+,26-,28+,29-,30-,31-,34+,35?,36-/m1/s1. The van der Waals surface area contributed by atoms with Crippen molar-refractivity contribution in [3.05, 3.63) is 35.9 Å². The fourth-order valence-corrected chi connectivity index (χ4v) is 7.39. The third-order valence-corrected chi connectivity index (χ3v) is 10.7. The molecule has 0 spiro atoms. The Hall–Kier alpha value is -2.45. The van der Waals surface area contributed by atoms with Crippen LogP contribution in [-0.2, 0) is 28.5 Å². The molecule has 2 fully saturated rings. The smallest absolute Gasteiger partial charge is 0.311 e. The number of likely N-dealkylation sites (N-methyl/N-ethyl adjacent to an activating group) is 1. The molecule has 0 radical (unpaired) electrons. The molecule has 2 heterocycles. The summed E-state index contributed by atoms with van der Waals surface area (Å²) in [5, 5.41) is 45.8. The molecule has 2 aliphatic heterocycles. The van der Waals surface area contributed by atoms with E-state index >= 15 is 0 Å². The number of methoxy groups -OCH3 is 1. The Morgan fingerprint density at radius 1 is 1.00 bits per heavy atom. The molecule has 1 amide bonds. The number of Topliss-reactive ketones (excluding diaryl/α,β-unsaturated/α-hetero) is 1. The lowest BCUT2D eigenvalue weighted by atomic mass is 9.74. The maximum Gasteiger partial charge on any atom is 0.311 e.